The van der Waals surface area contributed by atoms with Crippen LogP contribution < -0.4 is 10.1 Å². The first-order valence-corrected chi connectivity index (χ1v) is 7.45. The van der Waals surface area contributed by atoms with E-state index in [0.717, 1.165) is 24.4 Å². The molecule has 1 heterocycles. The molecule has 1 aromatic heterocycles. The van der Waals surface area contributed by atoms with Gasteiger partial charge in [-0.1, -0.05) is 19.1 Å². The molecule has 0 spiro atoms. The zero-order valence-electron chi connectivity index (χ0n) is 13.6. The second-order valence-corrected chi connectivity index (χ2v) is 5.37. The molecule has 2 rings (SSSR count). The molecule has 1 N–H and O–H groups in total. The summed E-state index contributed by atoms with van der Waals surface area (Å²) in [6.07, 6.45) is 1.10. The van der Waals surface area contributed by atoms with Gasteiger partial charge < -0.3 is 10.1 Å². The zero-order valence-corrected chi connectivity index (χ0v) is 13.6. The monoisotopic (exact) mass is 287 g/mol. The van der Waals surface area contributed by atoms with E-state index in [1.807, 2.05) is 23.9 Å². The minimum atomic E-state index is 0.147. The molecule has 1 aromatic carbocycles. The summed E-state index contributed by atoms with van der Waals surface area (Å²) in [5, 5.41) is 8.19. The Morgan fingerprint density at radius 1 is 1.33 bits per heavy atom. The van der Waals surface area contributed by atoms with Crippen LogP contribution in [-0.2, 0) is 7.05 Å². The van der Waals surface area contributed by atoms with E-state index in [-0.39, 0.29) is 6.04 Å². The molecule has 0 aliphatic rings. The van der Waals surface area contributed by atoms with E-state index >= 15 is 0 Å². The third-order valence-electron chi connectivity index (χ3n) is 3.88. The number of methoxy groups -OCH3 is 1. The first-order chi connectivity index (χ1) is 10.1. The van der Waals surface area contributed by atoms with Gasteiger partial charge in [0.2, 0.25) is 0 Å². The van der Waals surface area contributed by atoms with Crippen LogP contribution in [0.25, 0.3) is 0 Å². The minimum Gasteiger partial charge on any atom is -0.497 e. The zero-order chi connectivity index (χ0) is 15.4. The Morgan fingerprint density at radius 2 is 2.10 bits per heavy atom. The van der Waals surface area contributed by atoms with Crippen molar-refractivity contribution in [2.24, 2.45) is 7.05 Å². The summed E-state index contributed by atoms with van der Waals surface area (Å²) in [6, 6.07) is 8.40. The molecule has 0 radical (unpaired) electrons. The number of aryl methyl sites for hydroxylation is 2. The molecular formula is C17H25N3O. The van der Waals surface area contributed by atoms with Crippen LogP contribution >= 0.6 is 0 Å². The largest absolute Gasteiger partial charge is 0.497 e. The molecule has 0 aliphatic carbocycles. The van der Waals surface area contributed by atoms with Gasteiger partial charge in [-0.15, -0.1) is 0 Å². The first-order valence-electron chi connectivity index (χ1n) is 7.45. The standard InChI is InChI=1S/C17H25N3O/c1-6-10-18-17(14-8-7-9-15(11-14)21-5)16-12(2)19-20(4)13(16)3/h7-9,11,17-18H,6,10H2,1-5H3. The average molecular weight is 287 g/mol. The van der Waals surface area contributed by atoms with Crippen molar-refractivity contribution in [3.63, 3.8) is 0 Å². The number of ether oxygens (including phenoxy) is 1. The Bertz CT molecular complexity index is 604. The Balaban J connectivity index is 2.46. The first kappa shape index (κ1) is 15.6. The van der Waals surface area contributed by atoms with Crippen molar-refractivity contribution in [3.8, 4) is 5.75 Å². The van der Waals surface area contributed by atoms with Crippen LogP contribution in [0.5, 0.6) is 5.75 Å². The molecule has 2 aromatic rings. The minimum absolute atomic E-state index is 0.147. The van der Waals surface area contributed by atoms with Gasteiger partial charge in [0.05, 0.1) is 18.8 Å². The molecule has 21 heavy (non-hydrogen) atoms. The highest BCUT2D eigenvalue weighted by Gasteiger charge is 2.21. The van der Waals surface area contributed by atoms with Crippen LogP contribution in [0.2, 0.25) is 0 Å². The van der Waals surface area contributed by atoms with E-state index in [1.54, 1.807) is 7.11 Å². The second kappa shape index (κ2) is 6.76. The summed E-state index contributed by atoms with van der Waals surface area (Å²) in [5.74, 6) is 0.884. The van der Waals surface area contributed by atoms with Crippen molar-refractivity contribution in [2.75, 3.05) is 13.7 Å². The van der Waals surface area contributed by atoms with Gasteiger partial charge >= 0.3 is 0 Å². The molecule has 4 heteroatoms. The third kappa shape index (κ3) is 3.27. The summed E-state index contributed by atoms with van der Waals surface area (Å²) in [5.41, 5.74) is 4.75. The van der Waals surface area contributed by atoms with Crippen molar-refractivity contribution < 1.29 is 4.74 Å². The number of benzene rings is 1. The van der Waals surface area contributed by atoms with Crippen LogP contribution in [-0.4, -0.2) is 23.4 Å². The second-order valence-electron chi connectivity index (χ2n) is 5.37. The Hall–Kier alpha value is -1.81. The number of nitrogens with zero attached hydrogens (tertiary/aromatic N) is 2. The fourth-order valence-electron chi connectivity index (χ4n) is 2.70. The van der Waals surface area contributed by atoms with Crippen molar-refractivity contribution in [1.82, 2.24) is 15.1 Å². The van der Waals surface area contributed by atoms with Crippen molar-refractivity contribution in [3.05, 3.63) is 46.8 Å². The lowest BCUT2D eigenvalue weighted by Gasteiger charge is -2.20. The van der Waals surface area contributed by atoms with Gasteiger partial charge in [0.25, 0.3) is 0 Å². The molecule has 0 amide bonds. The maximum atomic E-state index is 5.36. The molecule has 1 unspecified atom stereocenters. The SMILES string of the molecule is CCCNC(c1cccc(OC)c1)c1c(C)nn(C)c1C. The summed E-state index contributed by atoms with van der Waals surface area (Å²) in [7, 11) is 3.70. The average Bonchev–Trinajstić information content (AvgIpc) is 2.74. The molecule has 0 aliphatic heterocycles. The lowest BCUT2D eigenvalue weighted by atomic mass is 9.96. The maximum Gasteiger partial charge on any atom is 0.119 e. The predicted octanol–water partition coefficient (Wildman–Crippen LogP) is 3.13. The molecule has 0 saturated heterocycles. The Morgan fingerprint density at radius 3 is 2.67 bits per heavy atom. The maximum absolute atomic E-state index is 5.36. The highest BCUT2D eigenvalue weighted by molar-refractivity contribution is 5.40. The summed E-state index contributed by atoms with van der Waals surface area (Å²) >= 11 is 0. The van der Waals surface area contributed by atoms with E-state index in [2.05, 4.69) is 43.3 Å². The Labute approximate surface area is 127 Å². The van der Waals surface area contributed by atoms with E-state index < -0.39 is 0 Å². The third-order valence-corrected chi connectivity index (χ3v) is 3.88. The number of hydrogen-bond acceptors (Lipinski definition) is 3. The predicted molar refractivity (Wildman–Crippen MR) is 85.8 cm³/mol. The van der Waals surface area contributed by atoms with Crippen molar-refractivity contribution in [1.29, 1.82) is 0 Å². The van der Waals surface area contributed by atoms with Gasteiger partial charge in [0.1, 0.15) is 5.75 Å². The van der Waals surface area contributed by atoms with Gasteiger partial charge in [-0.2, -0.15) is 5.10 Å². The Kier molecular flexibility index (Phi) is 5.02. The quantitative estimate of drug-likeness (QED) is 0.887. The van der Waals surface area contributed by atoms with Crippen molar-refractivity contribution in [2.45, 2.75) is 33.2 Å². The topological polar surface area (TPSA) is 39.1 Å². The molecule has 114 valence electrons. The van der Waals surface area contributed by atoms with Crippen molar-refractivity contribution >= 4 is 0 Å². The summed E-state index contributed by atoms with van der Waals surface area (Å²) in [6.45, 7) is 7.34. The lowest BCUT2D eigenvalue weighted by Crippen LogP contribution is -2.24. The summed E-state index contributed by atoms with van der Waals surface area (Å²) < 4.78 is 7.31. The number of hydrogen-bond donors (Lipinski definition) is 1. The lowest BCUT2D eigenvalue weighted by molar-refractivity contribution is 0.413. The summed E-state index contributed by atoms with van der Waals surface area (Å²) in [4.78, 5) is 0. The van der Waals surface area contributed by atoms with E-state index in [9.17, 15) is 0 Å². The normalized spacial score (nSPS) is 12.4. The van der Waals surface area contributed by atoms with Crippen LogP contribution in [0.1, 0.15) is 41.9 Å². The van der Waals surface area contributed by atoms with Gasteiger partial charge in [-0.05, 0) is 44.5 Å². The smallest absolute Gasteiger partial charge is 0.119 e. The van der Waals surface area contributed by atoms with E-state index in [0.29, 0.717) is 0 Å². The van der Waals surface area contributed by atoms with Gasteiger partial charge in [-0.3, -0.25) is 4.68 Å². The molecule has 0 bridgehead atoms. The van der Waals surface area contributed by atoms with Crippen LogP contribution in [0.4, 0.5) is 0 Å². The highest BCUT2D eigenvalue weighted by atomic mass is 16.5. The van der Waals surface area contributed by atoms with Crippen LogP contribution in [0.15, 0.2) is 24.3 Å². The molecule has 1 atom stereocenters. The van der Waals surface area contributed by atoms with Gasteiger partial charge in [0.15, 0.2) is 0 Å². The fourth-order valence-corrected chi connectivity index (χ4v) is 2.70. The molecule has 0 saturated carbocycles. The number of nitrogens with one attached hydrogen (secondary N) is 1. The molecule has 4 nitrogen and oxygen atoms in total. The van der Waals surface area contributed by atoms with Crippen LogP contribution in [0.3, 0.4) is 0 Å². The van der Waals surface area contributed by atoms with Gasteiger partial charge in [0, 0.05) is 18.3 Å². The number of rotatable bonds is 6. The molecule has 0 fully saturated rings. The fraction of sp³-hybridized carbons (Fsp3) is 0.471. The van der Waals surface area contributed by atoms with Crippen LogP contribution in [0, 0.1) is 13.8 Å². The van der Waals surface area contributed by atoms with E-state index in [4.69, 9.17) is 4.74 Å². The number of aromatic nitrogens is 2. The van der Waals surface area contributed by atoms with E-state index in [1.165, 1.54) is 16.8 Å². The molecular weight excluding hydrogens is 262 g/mol. The van der Waals surface area contributed by atoms with Gasteiger partial charge in [-0.25, -0.2) is 0 Å². The highest BCUT2D eigenvalue weighted by Crippen LogP contribution is 2.29.